The van der Waals surface area contributed by atoms with Crippen LogP contribution >= 0.6 is 0 Å². The van der Waals surface area contributed by atoms with E-state index < -0.39 is 0 Å². The zero-order chi connectivity index (χ0) is 9.52. The van der Waals surface area contributed by atoms with Gasteiger partial charge in [-0.05, 0) is 24.5 Å². The molecule has 2 heteroatoms. The number of para-hydroxylation sites is 1. The molecule has 1 N–H and O–H groups in total. The molecule has 0 saturated heterocycles. The molecular formula is C12H20MgO. The van der Waals surface area contributed by atoms with E-state index in [9.17, 15) is 5.11 Å². The Balaban J connectivity index is 0.00000169. The molecule has 0 aliphatic rings. The van der Waals surface area contributed by atoms with Crippen molar-refractivity contribution in [2.45, 2.75) is 39.0 Å². The van der Waals surface area contributed by atoms with Crippen LogP contribution in [0.2, 0.25) is 0 Å². The maximum atomic E-state index is 9.47. The summed E-state index contributed by atoms with van der Waals surface area (Å²) >= 11 is 0. The highest BCUT2D eigenvalue weighted by molar-refractivity contribution is 5.75. The molecule has 0 unspecified atom stereocenters. The zero-order valence-electron chi connectivity index (χ0n) is 8.29. The molecule has 0 amide bonds. The van der Waals surface area contributed by atoms with E-state index in [1.165, 1.54) is 25.7 Å². The summed E-state index contributed by atoms with van der Waals surface area (Å²) in [4.78, 5) is 0. The number of aryl methyl sites for hydroxylation is 1. The normalized spacial score (nSPS) is 9.50. The Labute approximate surface area is 103 Å². The fourth-order valence-corrected chi connectivity index (χ4v) is 1.46. The maximum absolute atomic E-state index is 9.47. The highest BCUT2D eigenvalue weighted by Crippen LogP contribution is 2.18. The van der Waals surface area contributed by atoms with E-state index in [4.69, 9.17) is 0 Å². The van der Waals surface area contributed by atoms with Gasteiger partial charge < -0.3 is 5.11 Å². The van der Waals surface area contributed by atoms with Gasteiger partial charge in [0.1, 0.15) is 5.75 Å². The van der Waals surface area contributed by atoms with Gasteiger partial charge in [-0.2, -0.15) is 0 Å². The number of hydrogen-bond donors (Lipinski definition) is 1. The Morgan fingerprint density at radius 2 is 1.79 bits per heavy atom. The predicted octanol–water partition coefficient (Wildman–Crippen LogP) is 2.60. The van der Waals surface area contributed by atoms with Crippen LogP contribution in [0.1, 0.15) is 38.2 Å². The summed E-state index contributed by atoms with van der Waals surface area (Å²) in [5.41, 5.74) is 1.08. The minimum Gasteiger partial charge on any atom is -0.508 e. The maximum Gasteiger partial charge on any atom is 0.316 e. The Morgan fingerprint density at radius 1 is 1.07 bits per heavy atom. The SMILES string of the molecule is CCCCCCc1ccccc1O.[MgH2]. The smallest absolute Gasteiger partial charge is 0.316 e. The van der Waals surface area contributed by atoms with Gasteiger partial charge in [0.2, 0.25) is 0 Å². The highest BCUT2D eigenvalue weighted by Gasteiger charge is 1.98. The molecule has 0 radical (unpaired) electrons. The lowest BCUT2D eigenvalue weighted by Crippen LogP contribution is -1.86. The van der Waals surface area contributed by atoms with Crippen molar-refractivity contribution in [2.75, 3.05) is 0 Å². The quantitative estimate of drug-likeness (QED) is 0.578. The lowest BCUT2D eigenvalue weighted by atomic mass is 10.1. The second kappa shape index (κ2) is 8.12. The molecule has 0 spiro atoms. The van der Waals surface area contributed by atoms with Crippen LogP contribution in [0.15, 0.2) is 24.3 Å². The third-order valence-electron chi connectivity index (χ3n) is 2.29. The van der Waals surface area contributed by atoms with Crippen LogP contribution in [0.3, 0.4) is 0 Å². The topological polar surface area (TPSA) is 20.2 Å². The number of phenolic OH excluding ortho intramolecular Hbond substituents is 1. The lowest BCUT2D eigenvalue weighted by Gasteiger charge is -2.03. The molecule has 0 atom stereocenters. The monoisotopic (exact) mass is 204 g/mol. The first-order chi connectivity index (χ1) is 6.34. The summed E-state index contributed by atoms with van der Waals surface area (Å²) in [6, 6.07) is 7.61. The third kappa shape index (κ3) is 4.87. The molecule has 1 nitrogen and oxygen atoms in total. The second-order valence-corrected chi connectivity index (χ2v) is 3.44. The molecule has 76 valence electrons. The third-order valence-corrected chi connectivity index (χ3v) is 2.29. The zero-order valence-corrected chi connectivity index (χ0v) is 8.29. The summed E-state index contributed by atoms with van der Waals surface area (Å²) in [6.45, 7) is 2.21. The van der Waals surface area contributed by atoms with Crippen molar-refractivity contribution in [2.24, 2.45) is 0 Å². The minimum absolute atomic E-state index is 0. The first-order valence-corrected chi connectivity index (χ1v) is 5.11. The molecule has 14 heavy (non-hydrogen) atoms. The van der Waals surface area contributed by atoms with Crippen LogP contribution in [0.25, 0.3) is 0 Å². The van der Waals surface area contributed by atoms with E-state index in [1.807, 2.05) is 18.2 Å². The molecule has 1 rings (SSSR count). The van der Waals surface area contributed by atoms with Gasteiger partial charge in [0, 0.05) is 0 Å². The van der Waals surface area contributed by atoms with Crippen LogP contribution in [0.5, 0.6) is 5.75 Å². The molecular weight excluding hydrogens is 184 g/mol. The summed E-state index contributed by atoms with van der Waals surface area (Å²) in [6.07, 6.45) is 6.03. The second-order valence-electron chi connectivity index (χ2n) is 3.44. The summed E-state index contributed by atoms with van der Waals surface area (Å²) in [5, 5.41) is 9.47. The van der Waals surface area contributed by atoms with E-state index in [1.54, 1.807) is 6.07 Å². The van der Waals surface area contributed by atoms with Crippen LogP contribution in [0.4, 0.5) is 0 Å². The minimum atomic E-state index is 0. The number of benzene rings is 1. The Kier molecular flexibility index (Phi) is 8.00. The average molecular weight is 205 g/mol. The van der Waals surface area contributed by atoms with E-state index in [-0.39, 0.29) is 23.1 Å². The molecule has 0 aliphatic heterocycles. The lowest BCUT2D eigenvalue weighted by molar-refractivity contribution is 0.466. The van der Waals surface area contributed by atoms with E-state index in [0.29, 0.717) is 5.75 Å². The van der Waals surface area contributed by atoms with Gasteiger partial charge >= 0.3 is 23.1 Å². The van der Waals surface area contributed by atoms with Crippen LogP contribution in [-0.2, 0) is 6.42 Å². The molecule has 0 bridgehead atoms. The van der Waals surface area contributed by atoms with Crippen molar-refractivity contribution >= 4 is 23.1 Å². The van der Waals surface area contributed by atoms with Crippen molar-refractivity contribution in [3.05, 3.63) is 29.8 Å². The standard InChI is InChI=1S/C12H18O.Mg.2H/c1-2-3-4-5-8-11-9-6-7-10-12(11)13;;;/h6-7,9-10,13H,2-5,8H2,1H3;;;. The van der Waals surface area contributed by atoms with Gasteiger partial charge in [-0.15, -0.1) is 0 Å². The number of unbranched alkanes of at least 4 members (excludes halogenated alkanes) is 3. The van der Waals surface area contributed by atoms with Gasteiger partial charge in [0.15, 0.2) is 0 Å². The number of aromatic hydroxyl groups is 1. The molecule has 0 heterocycles. The van der Waals surface area contributed by atoms with Crippen LogP contribution in [-0.4, -0.2) is 28.2 Å². The van der Waals surface area contributed by atoms with Crippen LogP contribution in [0, 0.1) is 0 Å². The Hall–Kier alpha value is -0.214. The van der Waals surface area contributed by atoms with Gasteiger partial charge in [0.25, 0.3) is 0 Å². The molecule has 0 aliphatic carbocycles. The Bertz CT molecular complexity index is 248. The summed E-state index contributed by atoms with van der Waals surface area (Å²) in [7, 11) is 0. The van der Waals surface area contributed by atoms with Gasteiger partial charge in [-0.25, -0.2) is 0 Å². The van der Waals surface area contributed by atoms with E-state index >= 15 is 0 Å². The molecule has 0 saturated carbocycles. The van der Waals surface area contributed by atoms with Gasteiger partial charge in [0.05, 0.1) is 0 Å². The Morgan fingerprint density at radius 3 is 2.43 bits per heavy atom. The highest BCUT2D eigenvalue weighted by atomic mass is 24.3. The number of phenols is 1. The molecule has 0 fully saturated rings. The number of hydrogen-bond acceptors (Lipinski definition) is 1. The predicted molar refractivity (Wildman–Crippen MR) is 64.5 cm³/mol. The average Bonchev–Trinajstić information content (AvgIpc) is 2.15. The molecule has 0 aromatic heterocycles. The van der Waals surface area contributed by atoms with E-state index in [2.05, 4.69) is 6.92 Å². The van der Waals surface area contributed by atoms with E-state index in [0.717, 1.165) is 12.0 Å². The molecule has 1 aromatic rings. The van der Waals surface area contributed by atoms with Crippen LogP contribution < -0.4 is 0 Å². The largest absolute Gasteiger partial charge is 0.508 e. The summed E-state index contributed by atoms with van der Waals surface area (Å²) in [5.74, 6) is 0.444. The van der Waals surface area contributed by atoms with Gasteiger partial charge in [-0.3, -0.25) is 0 Å². The van der Waals surface area contributed by atoms with Crippen molar-refractivity contribution in [3.8, 4) is 5.75 Å². The first kappa shape index (κ1) is 13.8. The van der Waals surface area contributed by atoms with Crippen molar-refractivity contribution in [3.63, 3.8) is 0 Å². The van der Waals surface area contributed by atoms with Crippen molar-refractivity contribution in [1.29, 1.82) is 0 Å². The summed E-state index contributed by atoms with van der Waals surface area (Å²) < 4.78 is 0. The van der Waals surface area contributed by atoms with Crippen molar-refractivity contribution < 1.29 is 5.11 Å². The number of rotatable bonds is 5. The van der Waals surface area contributed by atoms with Gasteiger partial charge in [-0.1, -0.05) is 44.4 Å². The fourth-order valence-electron chi connectivity index (χ4n) is 1.46. The fraction of sp³-hybridized carbons (Fsp3) is 0.500. The first-order valence-electron chi connectivity index (χ1n) is 5.11. The van der Waals surface area contributed by atoms with Crippen molar-refractivity contribution in [1.82, 2.24) is 0 Å². The molecule has 1 aromatic carbocycles.